The number of non-ortho nitro benzene ring substituents is 1. The molecule has 0 unspecified atom stereocenters. The molecule has 4 aromatic rings. The van der Waals surface area contributed by atoms with Gasteiger partial charge in [0, 0.05) is 31.0 Å². The first-order chi connectivity index (χ1) is 16.2. The molecule has 0 saturated carbocycles. The number of ether oxygens (including phenoxy) is 1. The Morgan fingerprint density at radius 1 is 1.12 bits per heavy atom. The van der Waals surface area contributed by atoms with Crippen LogP contribution in [0, 0.1) is 10.1 Å². The zero-order valence-corrected chi connectivity index (χ0v) is 17.9. The van der Waals surface area contributed by atoms with Crippen molar-refractivity contribution in [2.24, 2.45) is 0 Å². The van der Waals surface area contributed by atoms with Crippen molar-refractivity contribution in [2.75, 3.05) is 0 Å². The lowest BCUT2D eigenvalue weighted by molar-refractivity contribution is -0.384. The fourth-order valence-corrected chi connectivity index (χ4v) is 3.24. The molecule has 33 heavy (non-hydrogen) atoms. The molecule has 0 aliphatic rings. The number of unbranched alkanes of at least 4 members (excludes halogenated alkanes) is 1. The minimum absolute atomic E-state index is 0.0384. The first kappa shape index (κ1) is 21.9. The molecule has 4 rings (SSSR count). The number of aryl methyl sites for hydroxylation is 2. The van der Waals surface area contributed by atoms with E-state index in [0.29, 0.717) is 17.1 Å². The molecule has 0 aliphatic heterocycles. The number of hydrogen-bond acceptors (Lipinski definition) is 7. The molecule has 2 aromatic carbocycles. The number of aromatic nitrogens is 4. The highest BCUT2D eigenvalue weighted by molar-refractivity contribution is 5.67. The SMILES string of the molecule is O=[N+]([O-])c1cccc(/C=C/c2nc(COc3ccc(CCCCn4ccnn4)cc3)co2)c1. The van der Waals surface area contributed by atoms with Crippen LogP contribution in [0.15, 0.2) is 71.6 Å². The Morgan fingerprint density at radius 2 is 2.00 bits per heavy atom. The van der Waals surface area contributed by atoms with Crippen LogP contribution in [0.3, 0.4) is 0 Å². The van der Waals surface area contributed by atoms with Crippen molar-refractivity contribution in [1.29, 1.82) is 0 Å². The van der Waals surface area contributed by atoms with Gasteiger partial charge in [0.15, 0.2) is 0 Å². The summed E-state index contributed by atoms with van der Waals surface area (Å²) in [5, 5.41) is 18.6. The van der Waals surface area contributed by atoms with E-state index in [9.17, 15) is 10.1 Å². The monoisotopic (exact) mass is 445 g/mol. The Hall–Kier alpha value is -4.27. The largest absolute Gasteiger partial charge is 0.487 e. The van der Waals surface area contributed by atoms with E-state index in [0.717, 1.165) is 31.6 Å². The summed E-state index contributed by atoms with van der Waals surface area (Å²) in [5.41, 5.74) is 2.65. The first-order valence-electron chi connectivity index (χ1n) is 10.6. The van der Waals surface area contributed by atoms with Crippen LogP contribution in [0.1, 0.15) is 35.6 Å². The summed E-state index contributed by atoms with van der Waals surface area (Å²) in [6, 6.07) is 14.4. The summed E-state index contributed by atoms with van der Waals surface area (Å²) in [6.45, 7) is 1.16. The third kappa shape index (κ3) is 6.60. The molecule has 9 nitrogen and oxygen atoms in total. The molecule has 0 radical (unpaired) electrons. The predicted molar refractivity (Wildman–Crippen MR) is 122 cm³/mol. The minimum atomic E-state index is -0.425. The molecule has 0 atom stereocenters. The molecular weight excluding hydrogens is 422 g/mol. The van der Waals surface area contributed by atoms with Gasteiger partial charge in [0.25, 0.3) is 5.69 Å². The van der Waals surface area contributed by atoms with Crippen molar-refractivity contribution in [3.63, 3.8) is 0 Å². The van der Waals surface area contributed by atoms with Gasteiger partial charge in [0.1, 0.15) is 24.3 Å². The number of hydrogen-bond donors (Lipinski definition) is 0. The number of nitro benzene ring substituents is 1. The maximum Gasteiger partial charge on any atom is 0.270 e. The van der Waals surface area contributed by atoms with Crippen LogP contribution in [0.25, 0.3) is 12.2 Å². The lowest BCUT2D eigenvalue weighted by atomic mass is 10.1. The van der Waals surface area contributed by atoms with E-state index in [1.165, 1.54) is 24.0 Å². The summed E-state index contributed by atoms with van der Waals surface area (Å²) in [6.07, 6.45) is 11.6. The Balaban J connectivity index is 1.22. The van der Waals surface area contributed by atoms with Crippen LogP contribution in [-0.2, 0) is 19.6 Å². The molecule has 9 heteroatoms. The third-order valence-electron chi connectivity index (χ3n) is 4.95. The van der Waals surface area contributed by atoms with Crippen molar-refractivity contribution in [2.45, 2.75) is 32.4 Å². The molecule has 0 fully saturated rings. The Bertz CT molecular complexity index is 1200. The quantitative estimate of drug-likeness (QED) is 0.183. The molecule has 2 heterocycles. The van der Waals surface area contributed by atoms with E-state index in [2.05, 4.69) is 27.4 Å². The lowest BCUT2D eigenvalue weighted by Gasteiger charge is -2.06. The number of oxazole rings is 1. The summed E-state index contributed by atoms with van der Waals surface area (Å²) < 4.78 is 13.1. The standard InChI is InChI=1S/C24H23N5O4/c30-29(31)22-6-3-5-20(16-22)9-12-24-26-21(18-33-24)17-32-23-10-7-19(8-11-23)4-1-2-14-28-15-13-25-27-28/h3,5-13,15-16,18H,1-2,4,14,17H2/b12-9+. The maximum absolute atomic E-state index is 10.9. The zero-order valence-electron chi connectivity index (χ0n) is 17.9. The van der Waals surface area contributed by atoms with Crippen molar-refractivity contribution >= 4 is 17.8 Å². The van der Waals surface area contributed by atoms with Crippen LogP contribution >= 0.6 is 0 Å². The first-order valence-corrected chi connectivity index (χ1v) is 10.6. The Kier molecular flexibility index (Phi) is 7.22. The predicted octanol–water partition coefficient (Wildman–Crippen LogP) is 4.95. The number of nitrogens with zero attached hydrogens (tertiary/aromatic N) is 5. The summed E-state index contributed by atoms with van der Waals surface area (Å²) in [5.74, 6) is 1.17. The van der Waals surface area contributed by atoms with Gasteiger partial charge >= 0.3 is 0 Å². The van der Waals surface area contributed by atoms with Gasteiger partial charge in [-0.3, -0.25) is 14.8 Å². The number of rotatable bonds is 11. The molecule has 0 bridgehead atoms. The summed E-state index contributed by atoms with van der Waals surface area (Å²) >= 11 is 0. The van der Waals surface area contributed by atoms with Gasteiger partial charge in [0.2, 0.25) is 5.89 Å². The highest BCUT2D eigenvalue weighted by atomic mass is 16.6. The second-order valence-corrected chi connectivity index (χ2v) is 7.42. The van der Waals surface area contributed by atoms with Crippen molar-refractivity contribution in [3.8, 4) is 5.75 Å². The van der Waals surface area contributed by atoms with E-state index in [-0.39, 0.29) is 12.3 Å². The fraction of sp³-hybridized carbons (Fsp3) is 0.208. The van der Waals surface area contributed by atoms with Crippen molar-refractivity contribution < 1.29 is 14.1 Å². The van der Waals surface area contributed by atoms with Crippen LogP contribution in [0.2, 0.25) is 0 Å². The van der Waals surface area contributed by atoms with Gasteiger partial charge in [-0.1, -0.05) is 29.5 Å². The summed E-state index contributed by atoms with van der Waals surface area (Å²) in [7, 11) is 0. The Labute approximate surface area is 190 Å². The highest BCUT2D eigenvalue weighted by Crippen LogP contribution is 2.18. The van der Waals surface area contributed by atoms with E-state index in [1.807, 2.05) is 23.0 Å². The molecular formula is C24H23N5O4. The van der Waals surface area contributed by atoms with Gasteiger partial charge in [0.05, 0.1) is 11.1 Å². The van der Waals surface area contributed by atoms with Crippen LogP contribution in [0.4, 0.5) is 5.69 Å². The molecule has 0 N–H and O–H groups in total. The van der Waals surface area contributed by atoms with Crippen LogP contribution in [0.5, 0.6) is 5.75 Å². The summed E-state index contributed by atoms with van der Waals surface area (Å²) in [4.78, 5) is 14.8. The topological polar surface area (TPSA) is 109 Å². The van der Waals surface area contributed by atoms with E-state index in [1.54, 1.807) is 30.5 Å². The van der Waals surface area contributed by atoms with E-state index >= 15 is 0 Å². The van der Waals surface area contributed by atoms with E-state index < -0.39 is 4.92 Å². The molecule has 0 amide bonds. The van der Waals surface area contributed by atoms with Gasteiger partial charge in [-0.25, -0.2) is 4.98 Å². The van der Waals surface area contributed by atoms with Crippen LogP contribution < -0.4 is 4.74 Å². The normalized spacial score (nSPS) is 11.2. The Morgan fingerprint density at radius 3 is 2.79 bits per heavy atom. The number of nitro groups is 1. The smallest absolute Gasteiger partial charge is 0.270 e. The maximum atomic E-state index is 10.9. The van der Waals surface area contributed by atoms with Crippen molar-refractivity contribution in [1.82, 2.24) is 20.0 Å². The molecule has 0 aliphatic carbocycles. The van der Waals surface area contributed by atoms with Gasteiger partial charge < -0.3 is 9.15 Å². The van der Waals surface area contributed by atoms with Gasteiger partial charge in [-0.2, -0.15) is 0 Å². The van der Waals surface area contributed by atoms with Gasteiger partial charge in [-0.05, 0) is 48.6 Å². The second kappa shape index (κ2) is 10.9. The molecule has 168 valence electrons. The molecule has 2 aromatic heterocycles. The zero-order chi connectivity index (χ0) is 22.9. The molecule has 0 saturated heterocycles. The average Bonchev–Trinajstić information content (AvgIpc) is 3.52. The van der Waals surface area contributed by atoms with Crippen LogP contribution in [-0.4, -0.2) is 24.9 Å². The highest BCUT2D eigenvalue weighted by Gasteiger charge is 2.06. The van der Waals surface area contributed by atoms with Crippen molar-refractivity contribution in [3.05, 3.63) is 100 Å². The second-order valence-electron chi connectivity index (χ2n) is 7.42. The van der Waals surface area contributed by atoms with E-state index in [4.69, 9.17) is 9.15 Å². The lowest BCUT2D eigenvalue weighted by Crippen LogP contribution is -1.99. The minimum Gasteiger partial charge on any atom is -0.487 e. The molecule has 0 spiro atoms. The number of benzene rings is 2. The van der Waals surface area contributed by atoms with Gasteiger partial charge in [-0.15, -0.1) is 5.10 Å². The average molecular weight is 445 g/mol. The fourth-order valence-electron chi connectivity index (χ4n) is 3.24. The third-order valence-corrected chi connectivity index (χ3v) is 4.95.